The maximum absolute atomic E-state index is 2.28. The van der Waals surface area contributed by atoms with Crippen LogP contribution in [0.4, 0.5) is 0 Å². The van der Waals surface area contributed by atoms with Crippen molar-refractivity contribution >= 4 is 0 Å². The van der Waals surface area contributed by atoms with Gasteiger partial charge in [0, 0.05) is 0 Å². The van der Waals surface area contributed by atoms with Gasteiger partial charge in [0.15, 0.2) is 0 Å². The van der Waals surface area contributed by atoms with E-state index < -0.39 is 0 Å². The first-order chi connectivity index (χ1) is 4.66. The molecule has 0 saturated heterocycles. The van der Waals surface area contributed by atoms with E-state index in [0.717, 1.165) is 0 Å². The summed E-state index contributed by atoms with van der Waals surface area (Å²) in [4.78, 5) is 0. The number of rotatable bonds is 3. The first-order valence-electron chi connectivity index (χ1n) is 3.92. The normalized spacial score (nSPS) is 8.14. The van der Waals surface area contributed by atoms with Crippen molar-refractivity contribution in [3.63, 3.8) is 0 Å². The predicted molar refractivity (Wildman–Crippen MR) is 52.5 cm³/mol. The average molecular weight is 234 g/mol. The molecule has 4 heteroatoms. The number of hydrogen-bond acceptors (Lipinski definition) is 0. The molecule has 0 aliphatic heterocycles. The fraction of sp³-hybridized carbons (Fsp3) is 0.600. The predicted octanol–water partition coefficient (Wildman–Crippen LogP) is -7.84. The van der Waals surface area contributed by atoms with E-state index in [2.05, 4.69) is 39.8 Å². The first-order valence-corrected chi connectivity index (χ1v) is 3.92. The zero-order chi connectivity index (χ0) is 7.98. The molecule has 0 saturated carbocycles. The number of hydrogen-bond donors (Lipinski definition) is 0. The minimum absolute atomic E-state index is 0. The third kappa shape index (κ3) is 24.6. The third-order valence-corrected chi connectivity index (χ3v) is 1.58. The van der Waals surface area contributed by atoms with Gasteiger partial charge in [-0.15, -0.1) is 0 Å². The first kappa shape index (κ1) is 30.5. The van der Waals surface area contributed by atoms with Crippen LogP contribution >= 0.6 is 0 Å². The van der Waals surface area contributed by atoms with Crippen LogP contribution in [0.1, 0.15) is 46.2 Å². The maximum Gasteiger partial charge on any atom is 1.00 e. The second-order valence-corrected chi connectivity index (χ2v) is 2.96. The summed E-state index contributed by atoms with van der Waals surface area (Å²) in [6.07, 6.45) is 6.87. The molecule has 0 N–H and O–H groups in total. The molecule has 0 nitrogen and oxygen atoms in total. The Morgan fingerprint density at radius 2 is 1.43 bits per heavy atom. The summed E-state index contributed by atoms with van der Waals surface area (Å²) in [6, 6.07) is 0. The summed E-state index contributed by atoms with van der Waals surface area (Å²) in [6.45, 7) is 8.56. The van der Waals surface area contributed by atoms with E-state index in [1.165, 1.54) is 24.0 Å². The van der Waals surface area contributed by atoms with Crippen molar-refractivity contribution in [2.24, 2.45) is 0 Å². The molecule has 0 heterocycles. The maximum atomic E-state index is 2.28. The van der Waals surface area contributed by atoms with Crippen LogP contribution in [0.5, 0.6) is 0 Å². The van der Waals surface area contributed by atoms with Crippen LogP contribution in [0.15, 0.2) is 23.3 Å². The van der Waals surface area contributed by atoms with Gasteiger partial charge in [0.25, 0.3) is 0 Å². The van der Waals surface area contributed by atoms with Crippen LogP contribution in [-0.2, 0) is 0 Å². The summed E-state index contributed by atoms with van der Waals surface area (Å²) in [5.41, 5.74) is 2.90. The van der Waals surface area contributed by atoms with Crippen molar-refractivity contribution < 1.29 is 124 Å². The fourth-order valence-corrected chi connectivity index (χ4v) is 0.733. The monoisotopic (exact) mass is 234 g/mol. The molecule has 0 aliphatic rings. The molecule has 66 valence electrons. The van der Waals surface area contributed by atoms with Crippen molar-refractivity contribution in [2.75, 3.05) is 0 Å². The SMILES string of the molecule is C/C=C(\C)CCC=C(C)C.[H-].[H-].[H-].[H-].[Na+].[Na+].[Na+].[Na+]. The van der Waals surface area contributed by atoms with Gasteiger partial charge in [0.05, 0.1) is 0 Å². The molecule has 0 aromatic carbocycles. The molecular formula is C10H22Na4. The zero-order valence-corrected chi connectivity index (χ0v) is 19.6. The van der Waals surface area contributed by atoms with E-state index >= 15 is 0 Å². The summed E-state index contributed by atoms with van der Waals surface area (Å²) in [5.74, 6) is 0. The van der Waals surface area contributed by atoms with Gasteiger partial charge in [-0.3, -0.25) is 0 Å². The van der Waals surface area contributed by atoms with Crippen molar-refractivity contribution in [2.45, 2.75) is 40.5 Å². The van der Waals surface area contributed by atoms with Crippen LogP contribution in [0, 0.1) is 0 Å². The zero-order valence-electron chi connectivity index (χ0n) is 15.6. The minimum Gasteiger partial charge on any atom is -1.00 e. The third-order valence-electron chi connectivity index (χ3n) is 1.58. The van der Waals surface area contributed by atoms with Crippen LogP contribution in [0.25, 0.3) is 0 Å². The van der Waals surface area contributed by atoms with Gasteiger partial charge in [0.2, 0.25) is 0 Å². The van der Waals surface area contributed by atoms with Crippen molar-refractivity contribution in [1.82, 2.24) is 0 Å². The molecular weight excluding hydrogens is 212 g/mol. The molecule has 0 aromatic rings. The topological polar surface area (TPSA) is 0 Å². The fourth-order valence-electron chi connectivity index (χ4n) is 0.733. The Bertz CT molecular complexity index is 160. The Kier molecular flexibility index (Phi) is 47.3. The summed E-state index contributed by atoms with van der Waals surface area (Å²) in [7, 11) is 0. The van der Waals surface area contributed by atoms with Crippen molar-refractivity contribution in [3.8, 4) is 0 Å². The van der Waals surface area contributed by atoms with Crippen LogP contribution in [0.2, 0.25) is 0 Å². The summed E-state index contributed by atoms with van der Waals surface area (Å²) >= 11 is 0. The van der Waals surface area contributed by atoms with Crippen molar-refractivity contribution in [1.29, 1.82) is 0 Å². The quantitative estimate of drug-likeness (QED) is 0.336. The molecule has 14 heavy (non-hydrogen) atoms. The van der Waals surface area contributed by atoms with E-state index in [4.69, 9.17) is 0 Å². The minimum atomic E-state index is 0. The molecule has 0 rings (SSSR count). The Balaban J connectivity index is -0.0000000145. The molecule has 0 fully saturated rings. The summed E-state index contributed by atoms with van der Waals surface area (Å²) < 4.78 is 0. The average Bonchev–Trinajstić information content (AvgIpc) is 1.87. The Morgan fingerprint density at radius 1 is 1.00 bits per heavy atom. The van der Waals surface area contributed by atoms with Gasteiger partial charge < -0.3 is 5.71 Å². The Labute approximate surface area is 184 Å². The molecule has 0 atom stereocenters. The number of allylic oxidation sites excluding steroid dienone is 4. The van der Waals surface area contributed by atoms with E-state index in [1.807, 2.05) is 0 Å². The van der Waals surface area contributed by atoms with E-state index in [0.29, 0.717) is 0 Å². The molecule has 0 aliphatic carbocycles. The molecule has 0 spiro atoms. The van der Waals surface area contributed by atoms with Gasteiger partial charge in [-0.25, -0.2) is 0 Å². The van der Waals surface area contributed by atoms with Gasteiger partial charge in [-0.2, -0.15) is 0 Å². The Morgan fingerprint density at radius 3 is 1.71 bits per heavy atom. The van der Waals surface area contributed by atoms with E-state index in [-0.39, 0.29) is 124 Å². The molecule has 0 bridgehead atoms. The molecule has 0 radical (unpaired) electrons. The standard InChI is InChI=1S/C10H18.4Na.4H/c1-5-10(4)8-6-7-9(2)3;;;;;;;;/h5,7H,6,8H2,1-4H3;;;;;;;;/q;4*+1;4*-1/b10-5+;;;;;;;;. The van der Waals surface area contributed by atoms with Crippen molar-refractivity contribution in [3.05, 3.63) is 23.3 Å². The van der Waals surface area contributed by atoms with Gasteiger partial charge in [0.1, 0.15) is 0 Å². The molecule has 0 aromatic heterocycles. The van der Waals surface area contributed by atoms with Gasteiger partial charge in [-0.05, 0) is 40.5 Å². The van der Waals surface area contributed by atoms with Gasteiger partial charge >= 0.3 is 118 Å². The van der Waals surface area contributed by atoms with Gasteiger partial charge in [-0.1, -0.05) is 23.3 Å². The van der Waals surface area contributed by atoms with Crippen LogP contribution < -0.4 is 118 Å². The molecule has 0 unspecified atom stereocenters. The van der Waals surface area contributed by atoms with E-state index in [9.17, 15) is 0 Å². The largest absolute Gasteiger partial charge is 1.00 e. The second-order valence-electron chi connectivity index (χ2n) is 2.96. The smallest absolute Gasteiger partial charge is 1.00 e. The second kappa shape index (κ2) is 21.7. The van der Waals surface area contributed by atoms with Crippen LogP contribution in [0.3, 0.4) is 0 Å². The molecule has 0 amide bonds. The summed E-state index contributed by atoms with van der Waals surface area (Å²) in [5, 5.41) is 0. The Hall–Kier alpha value is 3.48. The van der Waals surface area contributed by atoms with Crippen LogP contribution in [-0.4, -0.2) is 0 Å². The van der Waals surface area contributed by atoms with E-state index in [1.54, 1.807) is 0 Å².